The molecule has 2 aromatic carbocycles. The number of amides is 2. The molecule has 0 unspecified atom stereocenters. The molecule has 168 valence electrons. The maximum Gasteiger partial charge on any atom is 0.290 e. The van der Waals surface area contributed by atoms with Gasteiger partial charge in [0.1, 0.15) is 0 Å². The van der Waals surface area contributed by atoms with Gasteiger partial charge in [-0.05, 0) is 42.5 Å². The van der Waals surface area contributed by atoms with Crippen molar-refractivity contribution in [3.63, 3.8) is 0 Å². The van der Waals surface area contributed by atoms with Crippen LogP contribution >= 0.6 is 11.6 Å². The molecule has 0 aliphatic heterocycles. The first-order valence-corrected chi connectivity index (χ1v) is 11.6. The molecular weight excluding hydrogens is 454 g/mol. The molecule has 3 rings (SSSR count). The number of hydrogen-bond donors (Lipinski definition) is 2. The zero-order valence-electron chi connectivity index (χ0n) is 17.4. The Morgan fingerprint density at radius 2 is 1.69 bits per heavy atom. The monoisotopic (exact) mass is 475 g/mol. The van der Waals surface area contributed by atoms with Crippen LogP contribution in [0.2, 0.25) is 5.02 Å². The molecule has 2 N–H and O–H groups in total. The molecule has 0 fully saturated rings. The summed E-state index contributed by atoms with van der Waals surface area (Å²) in [5, 5.41) is 4.70. The molecule has 0 saturated heterocycles. The third-order valence-corrected chi connectivity index (χ3v) is 6.90. The first-order chi connectivity index (χ1) is 15.3. The quantitative estimate of drug-likeness (QED) is 0.510. The van der Waals surface area contributed by atoms with Crippen molar-refractivity contribution in [2.45, 2.75) is 18.7 Å². The number of nitrogens with zero attached hydrogens (tertiary/aromatic N) is 3. The Balaban J connectivity index is 1.68. The first-order valence-electron chi connectivity index (χ1n) is 9.78. The third-order valence-electron chi connectivity index (χ3n) is 4.62. The lowest BCUT2D eigenvalue weighted by Crippen LogP contribution is -2.42. The predicted molar refractivity (Wildman–Crippen MR) is 120 cm³/mol. The molecule has 0 spiro atoms. The molecule has 32 heavy (non-hydrogen) atoms. The van der Waals surface area contributed by atoms with Gasteiger partial charge >= 0.3 is 0 Å². The van der Waals surface area contributed by atoms with Gasteiger partial charge in [0.2, 0.25) is 10.0 Å². The smallest absolute Gasteiger partial charge is 0.267 e. The van der Waals surface area contributed by atoms with Crippen LogP contribution in [-0.4, -0.2) is 47.4 Å². The summed E-state index contributed by atoms with van der Waals surface area (Å²) in [5.74, 6) is -1.30. The SMILES string of the molecule is CCN(CC)S(=O)(=O)c1cccc(C(=O)NNC(=O)c2ccn(-c3cccc(Cl)c3)n2)c1. The summed E-state index contributed by atoms with van der Waals surface area (Å²) in [6, 6.07) is 14.1. The fourth-order valence-electron chi connectivity index (χ4n) is 2.97. The summed E-state index contributed by atoms with van der Waals surface area (Å²) in [7, 11) is -3.71. The van der Waals surface area contributed by atoms with Gasteiger partial charge in [-0.2, -0.15) is 9.40 Å². The van der Waals surface area contributed by atoms with E-state index >= 15 is 0 Å². The van der Waals surface area contributed by atoms with E-state index in [2.05, 4.69) is 16.0 Å². The Kier molecular flexibility index (Phi) is 7.29. The van der Waals surface area contributed by atoms with Crippen molar-refractivity contribution in [1.82, 2.24) is 24.9 Å². The molecule has 1 aromatic heterocycles. The normalized spacial score (nSPS) is 11.4. The van der Waals surface area contributed by atoms with E-state index in [0.717, 1.165) is 0 Å². The van der Waals surface area contributed by atoms with Crippen molar-refractivity contribution >= 4 is 33.4 Å². The van der Waals surface area contributed by atoms with Crippen LogP contribution in [0.5, 0.6) is 0 Å². The minimum absolute atomic E-state index is 0.000409. The summed E-state index contributed by atoms with van der Waals surface area (Å²) in [4.78, 5) is 24.8. The van der Waals surface area contributed by atoms with E-state index in [1.54, 1.807) is 44.3 Å². The first kappa shape index (κ1) is 23.5. The molecule has 11 heteroatoms. The minimum Gasteiger partial charge on any atom is -0.267 e. The van der Waals surface area contributed by atoms with Crippen LogP contribution in [0.15, 0.2) is 65.7 Å². The Labute approximate surface area is 191 Å². The van der Waals surface area contributed by atoms with Gasteiger partial charge in [0.15, 0.2) is 5.69 Å². The zero-order chi connectivity index (χ0) is 23.3. The molecule has 1 heterocycles. The number of aromatic nitrogens is 2. The lowest BCUT2D eigenvalue weighted by atomic mass is 10.2. The van der Waals surface area contributed by atoms with Crippen LogP contribution < -0.4 is 10.9 Å². The molecule has 0 radical (unpaired) electrons. The van der Waals surface area contributed by atoms with E-state index in [1.165, 1.54) is 39.3 Å². The number of rotatable bonds is 7. The maximum absolute atomic E-state index is 12.7. The number of halogens is 1. The van der Waals surface area contributed by atoms with E-state index in [9.17, 15) is 18.0 Å². The number of hydrogen-bond acceptors (Lipinski definition) is 5. The molecule has 0 bridgehead atoms. The van der Waals surface area contributed by atoms with Crippen LogP contribution in [0.3, 0.4) is 0 Å². The number of sulfonamides is 1. The molecule has 0 aliphatic rings. The van der Waals surface area contributed by atoms with Gasteiger partial charge in [-0.15, -0.1) is 0 Å². The largest absolute Gasteiger partial charge is 0.290 e. The second-order valence-corrected chi connectivity index (χ2v) is 9.03. The van der Waals surface area contributed by atoms with Crippen molar-refractivity contribution < 1.29 is 18.0 Å². The summed E-state index contributed by atoms with van der Waals surface area (Å²) in [5.41, 5.74) is 5.38. The number of nitrogens with one attached hydrogen (secondary N) is 2. The average molecular weight is 476 g/mol. The van der Waals surface area contributed by atoms with Crippen molar-refractivity contribution in [3.8, 4) is 5.69 Å². The van der Waals surface area contributed by atoms with Gasteiger partial charge in [-0.3, -0.25) is 20.4 Å². The van der Waals surface area contributed by atoms with Crippen LogP contribution in [-0.2, 0) is 10.0 Å². The van der Waals surface area contributed by atoms with E-state index in [0.29, 0.717) is 23.8 Å². The number of carbonyl (C=O) groups excluding carboxylic acids is 2. The lowest BCUT2D eigenvalue weighted by Gasteiger charge is -2.18. The molecule has 9 nitrogen and oxygen atoms in total. The Morgan fingerprint density at radius 1 is 1.00 bits per heavy atom. The predicted octanol–water partition coefficient (Wildman–Crippen LogP) is 2.63. The topological polar surface area (TPSA) is 113 Å². The Hall–Kier alpha value is -3.21. The van der Waals surface area contributed by atoms with Gasteiger partial charge in [-0.1, -0.05) is 37.6 Å². The standard InChI is InChI=1S/C21H22ClN5O4S/c1-3-26(4-2)32(30,31)18-10-5-7-15(13-18)20(28)23-24-21(29)19-11-12-27(25-19)17-9-6-8-16(22)14-17/h5-14H,3-4H2,1-2H3,(H,23,28)(H,24,29). The van der Waals surface area contributed by atoms with Gasteiger partial charge < -0.3 is 0 Å². The summed E-state index contributed by atoms with van der Waals surface area (Å²) in [6.07, 6.45) is 1.59. The van der Waals surface area contributed by atoms with E-state index in [1.807, 2.05) is 0 Å². The van der Waals surface area contributed by atoms with Gasteiger partial charge in [0.05, 0.1) is 10.6 Å². The van der Waals surface area contributed by atoms with E-state index in [-0.39, 0.29) is 16.2 Å². The summed E-state index contributed by atoms with van der Waals surface area (Å²) < 4.78 is 28.1. The van der Waals surface area contributed by atoms with Crippen LogP contribution in [0.25, 0.3) is 5.69 Å². The van der Waals surface area contributed by atoms with Gasteiger partial charge in [-0.25, -0.2) is 13.1 Å². The highest BCUT2D eigenvalue weighted by molar-refractivity contribution is 7.89. The molecule has 0 atom stereocenters. The second kappa shape index (κ2) is 9.94. The fraction of sp³-hybridized carbons (Fsp3) is 0.190. The second-order valence-electron chi connectivity index (χ2n) is 6.65. The van der Waals surface area contributed by atoms with E-state index < -0.39 is 21.8 Å². The number of hydrazine groups is 1. The van der Waals surface area contributed by atoms with Crippen molar-refractivity contribution in [2.24, 2.45) is 0 Å². The maximum atomic E-state index is 12.7. The van der Waals surface area contributed by atoms with Crippen LogP contribution in [0.1, 0.15) is 34.7 Å². The molecule has 0 saturated carbocycles. The Bertz CT molecular complexity index is 1240. The zero-order valence-corrected chi connectivity index (χ0v) is 19.0. The van der Waals surface area contributed by atoms with Crippen LogP contribution in [0, 0.1) is 0 Å². The Morgan fingerprint density at radius 3 is 2.38 bits per heavy atom. The molecule has 0 aliphatic carbocycles. The highest BCUT2D eigenvalue weighted by Gasteiger charge is 2.22. The molecular formula is C21H22ClN5O4S. The lowest BCUT2D eigenvalue weighted by molar-refractivity contribution is 0.0843. The van der Waals surface area contributed by atoms with Crippen molar-refractivity contribution in [2.75, 3.05) is 13.1 Å². The average Bonchev–Trinajstić information content (AvgIpc) is 3.28. The van der Waals surface area contributed by atoms with Gasteiger partial charge in [0.25, 0.3) is 11.8 Å². The van der Waals surface area contributed by atoms with E-state index in [4.69, 9.17) is 11.6 Å². The van der Waals surface area contributed by atoms with Crippen molar-refractivity contribution in [3.05, 3.63) is 77.1 Å². The molecule has 2 amide bonds. The third kappa shape index (κ3) is 5.16. The summed E-state index contributed by atoms with van der Waals surface area (Å²) in [6.45, 7) is 4.10. The number of benzene rings is 2. The van der Waals surface area contributed by atoms with Crippen LogP contribution in [0.4, 0.5) is 0 Å². The highest BCUT2D eigenvalue weighted by Crippen LogP contribution is 2.17. The highest BCUT2D eigenvalue weighted by atomic mass is 35.5. The van der Waals surface area contributed by atoms with Gasteiger partial charge in [0, 0.05) is 29.9 Å². The minimum atomic E-state index is -3.71. The summed E-state index contributed by atoms with van der Waals surface area (Å²) >= 11 is 5.97. The fourth-order valence-corrected chi connectivity index (χ4v) is 4.66. The van der Waals surface area contributed by atoms with Crippen molar-refractivity contribution in [1.29, 1.82) is 0 Å². The number of carbonyl (C=O) groups is 2. The molecule has 3 aromatic rings.